The van der Waals surface area contributed by atoms with Crippen LogP contribution in [0.5, 0.6) is 0 Å². The van der Waals surface area contributed by atoms with E-state index in [0.29, 0.717) is 17.9 Å². The maximum absolute atomic E-state index is 12.1. The number of carboxylic acid groups (broad SMARTS) is 1. The van der Waals surface area contributed by atoms with Gasteiger partial charge in [0.05, 0.1) is 0 Å². The molecule has 0 aliphatic heterocycles. The summed E-state index contributed by atoms with van der Waals surface area (Å²) in [6.45, 7) is 7.89. The van der Waals surface area contributed by atoms with Crippen molar-refractivity contribution in [3.8, 4) is 0 Å². The SMILES string of the molecule is CC[C@@H](C)[C@@H](NC(=O)c1ccc(C(C)C)cc1)C(=O)O. The van der Waals surface area contributed by atoms with E-state index in [2.05, 4.69) is 19.2 Å². The first-order chi connectivity index (χ1) is 9.36. The summed E-state index contributed by atoms with van der Waals surface area (Å²) in [7, 11) is 0. The number of carbonyl (C=O) groups excluding carboxylic acids is 1. The highest BCUT2D eigenvalue weighted by Gasteiger charge is 2.25. The monoisotopic (exact) mass is 277 g/mol. The molecule has 0 fully saturated rings. The molecule has 4 nitrogen and oxygen atoms in total. The second-order valence-corrected chi connectivity index (χ2v) is 5.45. The van der Waals surface area contributed by atoms with E-state index >= 15 is 0 Å². The van der Waals surface area contributed by atoms with Crippen LogP contribution < -0.4 is 5.32 Å². The number of amides is 1. The number of nitrogens with one attached hydrogen (secondary N) is 1. The van der Waals surface area contributed by atoms with E-state index in [1.165, 1.54) is 0 Å². The van der Waals surface area contributed by atoms with Gasteiger partial charge in [0, 0.05) is 5.56 Å². The Bertz CT molecular complexity index is 465. The minimum absolute atomic E-state index is 0.105. The maximum Gasteiger partial charge on any atom is 0.326 e. The Morgan fingerprint density at radius 1 is 1.15 bits per heavy atom. The first-order valence-electron chi connectivity index (χ1n) is 7.00. The summed E-state index contributed by atoms with van der Waals surface area (Å²) in [4.78, 5) is 23.3. The number of benzene rings is 1. The molecule has 0 aliphatic carbocycles. The average Bonchev–Trinajstić information content (AvgIpc) is 2.43. The van der Waals surface area contributed by atoms with Crippen LogP contribution in [-0.2, 0) is 4.79 Å². The van der Waals surface area contributed by atoms with Gasteiger partial charge in [-0.25, -0.2) is 4.79 Å². The van der Waals surface area contributed by atoms with Crippen LogP contribution in [0.1, 0.15) is 56.0 Å². The highest BCUT2D eigenvalue weighted by Crippen LogP contribution is 2.15. The molecule has 0 saturated heterocycles. The fourth-order valence-electron chi connectivity index (χ4n) is 1.93. The molecule has 0 aliphatic rings. The molecule has 1 aromatic rings. The van der Waals surface area contributed by atoms with E-state index in [4.69, 9.17) is 0 Å². The van der Waals surface area contributed by atoms with Gasteiger partial charge in [0.2, 0.25) is 0 Å². The molecule has 4 heteroatoms. The molecule has 1 amide bonds. The number of hydrogen-bond donors (Lipinski definition) is 2. The molecule has 0 spiro atoms. The highest BCUT2D eigenvalue weighted by molar-refractivity contribution is 5.96. The van der Waals surface area contributed by atoms with Gasteiger partial charge < -0.3 is 10.4 Å². The van der Waals surface area contributed by atoms with Crippen LogP contribution in [0.4, 0.5) is 0 Å². The molecule has 0 saturated carbocycles. The van der Waals surface area contributed by atoms with Crippen molar-refractivity contribution in [3.05, 3.63) is 35.4 Å². The Morgan fingerprint density at radius 3 is 2.10 bits per heavy atom. The van der Waals surface area contributed by atoms with Gasteiger partial charge in [0.15, 0.2) is 0 Å². The third-order valence-corrected chi connectivity index (χ3v) is 3.61. The summed E-state index contributed by atoms with van der Waals surface area (Å²) in [5, 5.41) is 11.8. The van der Waals surface area contributed by atoms with Crippen molar-refractivity contribution < 1.29 is 14.7 Å². The Morgan fingerprint density at radius 2 is 1.70 bits per heavy atom. The smallest absolute Gasteiger partial charge is 0.326 e. The van der Waals surface area contributed by atoms with E-state index in [-0.39, 0.29) is 11.8 Å². The molecule has 0 heterocycles. The molecule has 0 radical (unpaired) electrons. The number of hydrogen-bond acceptors (Lipinski definition) is 2. The third kappa shape index (κ3) is 4.08. The lowest BCUT2D eigenvalue weighted by Gasteiger charge is -2.20. The van der Waals surface area contributed by atoms with Crippen molar-refractivity contribution in [1.29, 1.82) is 0 Å². The van der Waals surface area contributed by atoms with Crippen molar-refractivity contribution >= 4 is 11.9 Å². The second-order valence-electron chi connectivity index (χ2n) is 5.45. The lowest BCUT2D eigenvalue weighted by molar-refractivity contribution is -0.140. The lowest BCUT2D eigenvalue weighted by atomic mass is 9.98. The van der Waals surface area contributed by atoms with Crippen LogP contribution in [0.25, 0.3) is 0 Å². The highest BCUT2D eigenvalue weighted by atomic mass is 16.4. The van der Waals surface area contributed by atoms with Crippen molar-refractivity contribution in [2.24, 2.45) is 5.92 Å². The van der Waals surface area contributed by atoms with Crippen LogP contribution >= 0.6 is 0 Å². The van der Waals surface area contributed by atoms with Crippen molar-refractivity contribution in [2.75, 3.05) is 0 Å². The van der Waals surface area contributed by atoms with Gasteiger partial charge >= 0.3 is 5.97 Å². The predicted molar refractivity (Wildman–Crippen MR) is 78.9 cm³/mol. The second kappa shape index (κ2) is 7.08. The number of carboxylic acids is 1. The Balaban J connectivity index is 2.81. The number of rotatable bonds is 6. The van der Waals surface area contributed by atoms with Gasteiger partial charge in [0.1, 0.15) is 6.04 Å². The zero-order valence-corrected chi connectivity index (χ0v) is 12.5. The van der Waals surface area contributed by atoms with Crippen LogP contribution in [-0.4, -0.2) is 23.0 Å². The Kier molecular flexibility index (Phi) is 5.74. The Labute approximate surface area is 120 Å². The fourth-order valence-corrected chi connectivity index (χ4v) is 1.93. The predicted octanol–water partition coefficient (Wildman–Crippen LogP) is 3.04. The minimum Gasteiger partial charge on any atom is -0.480 e. The molecule has 1 aromatic carbocycles. The van der Waals surface area contributed by atoms with E-state index in [9.17, 15) is 14.7 Å². The molecule has 110 valence electrons. The van der Waals surface area contributed by atoms with Gasteiger partial charge in [-0.1, -0.05) is 46.2 Å². The molecular weight excluding hydrogens is 254 g/mol. The average molecular weight is 277 g/mol. The van der Waals surface area contributed by atoms with E-state index in [1.54, 1.807) is 12.1 Å². The van der Waals surface area contributed by atoms with Gasteiger partial charge in [-0.3, -0.25) is 4.79 Å². The topological polar surface area (TPSA) is 66.4 Å². The minimum atomic E-state index is -0.994. The number of carbonyl (C=O) groups is 2. The molecule has 20 heavy (non-hydrogen) atoms. The van der Waals surface area contributed by atoms with E-state index in [1.807, 2.05) is 26.0 Å². The van der Waals surface area contributed by atoms with Gasteiger partial charge in [-0.2, -0.15) is 0 Å². The zero-order valence-electron chi connectivity index (χ0n) is 12.5. The molecule has 0 bridgehead atoms. The summed E-state index contributed by atoms with van der Waals surface area (Å²) >= 11 is 0. The molecule has 0 unspecified atom stereocenters. The van der Waals surface area contributed by atoms with Crippen molar-refractivity contribution in [3.63, 3.8) is 0 Å². The van der Waals surface area contributed by atoms with Crippen LogP contribution in [0.3, 0.4) is 0 Å². The zero-order chi connectivity index (χ0) is 15.3. The summed E-state index contributed by atoms with van der Waals surface area (Å²) in [6, 6.07) is 6.43. The van der Waals surface area contributed by atoms with Crippen LogP contribution in [0.15, 0.2) is 24.3 Å². The van der Waals surface area contributed by atoms with Crippen molar-refractivity contribution in [2.45, 2.75) is 46.1 Å². The van der Waals surface area contributed by atoms with Crippen LogP contribution in [0.2, 0.25) is 0 Å². The van der Waals surface area contributed by atoms with E-state index in [0.717, 1.165) is 5.56 Å². The standard InChI is InChI=1S/C16H23NO3/c1-5-11(4)14(16(19)20)17-15(18)13-8-6-12(7-9-13)10(2)3/h6-11,14H,5H2,1-4H3,(H,17,18)(H,19,20)/t11-,14-/m1/s1. The van der Waals surface area contributed by atoms with Gasteiger partial charge in [-0.15, -0.1) is 0 Å². The maximum atomic E-state index is 12.1. The van der Waals surface area contributed by atoms with Crippen LogP contribution in [0, 0.1) is 5.92 Å². The molecule has 1 rings (SSSR count). The van der Waals surface area contributed by atoms with Gasteiger partial charge in [0.25, 0.3) is 5.91 Å². The lowest BCUT2D eigenvalue weighted by Crippen LogP contribution is -2.45. The molecular formula is C16H23NO3. The molecule has 2 N–H and O–H groups in total. The number of aliphatic carboxylic acids is 1. The third-order valence-electron chi connectivity index (χ3n) is 3.61. The summed E-state index contributed by atoms with van der Waals surface area (Å²) in [5.74, 6) is -1.04. The summed E-state index contributed by atoms with van der Waals surface area (Å²) in [5.41, 5.74) is 1.64. The normalized spacial score (nSPS) is 13.8. The first kappa shape index (κ1) is 16.2. The fraction of sp³-hybridized carbons (Fsp3) is 0.500. The van der Waals surface area contributed by atoms with Gasteiger partial charge in [-0.05, 0) is 29.5 Å². The Hall–Kier alpha value is -1.84. The van der Waals surface area contributed by atoms with E-state index < -0.39 is 12.0 Å². The molecule has 2 atom stereocenters. The molecule has 0 aromatic heterocycles. The quantitative estimate of drug-likeness (QED) is 0.840. The van der Waals surface area contributed by atoms with Crippen molar-refractivity contribution in [1.82, 2.24) is 5.32 Å². The first-order valence-corrected chi connectivity index (χ1v) is 7.00. The summed E-state index contributed by atoms with van der Waals surface area (Å²) < 4.78 is 0. The summed E-state index contributed by atoms with van der Waals surface area (Å²) in [6.07, 6.45) is 0.698. The largest absolute Gasteiger partial charge is 0.480 e.